The normalized spacial score (nSPS) is 38.4. The van der Waals surface area contributed by atoms with Gasteiger partial charge in [0.25, 0.3) is 5.91 Å². The SMILES string of the molecule is C[C@H]1CN(C(=O)C2CCCO2)C2CC(C3CCC(S(C)(=O)=O)CC3)CCC2N1C(=O)CO. The van der Waals surface area contributed by atoms with Gasteiger partial charge < -0.3 is 19.6 Å². The van der Waals surface area contributed by atoms with E-state index in [1.807, 2.05) is 16.7 Å². The smallest absolute Gasteiger partial charge is 0.252 e. The summed E-state index contributed by atoms with van der Waals surface area (Å²) < 4.78 is 29.6. The zero-order chi connectivity index (χ0) is 23.0. The summed E-state index contributed by atoms with van der Waals surface area (Å²) in [5.41, 5.74) is 0. The molecule has 0 radical (unpaired) electrons. The number of hydrogen-bond acceptors (Lipinski definition) is 6. The second kappa shape index (κ2) is 9.58. The van der Waals surface area contributed by atoms with E-state index >= 15 is 0 Å². The fourth-order valence-electron chi connectivity index (χ4n) is 6.80. The summed E-state index contributed by atoms with van der Waals surface area (Å²) in [6.45, 7) is 2.54. The second-order valence-corrected chi connectivity index (χ2v) is 12.7. The number of sulfone groups is 1. The van der Waals surface area contributed by atoms with Crippen molar-refractivity contribution in [3.05, 3.63) is 0 Å². The van der Waals surface area contributed by atoms with Crippen LogP contribution in [-0.2, 0) is 24.2 Å². The molecule has 5 atom stereocenters. The lowest BCUT2D eigenvalue weighted by Gasteiger charge is -2.55. The van der Waals surface area contributed by atoms with Crippen LogP contribution in [0.15, 0.2) is 0 Å². The molecule has 4 aliphatic rings. The summed E-state index contributed by atoms with van der Waals surface area (Å²) in [5.74, 6) is 0.678. The van der Waals surface area contributed by atoms with Gasteiger partial charge in [-0.15, -0.1) is 0 Å². The average Bonchev–Trinajstić information content (AvgIpc) is 3.32. The van der Waals surface area contributed by atoms with Gasteiger partial charge in [0, 0.05) is 25.4 Å². The standard InChI is InChI=1S/C23H38N2O6S/c1-15-13-24(23(28)21-4-3-11-31-21)20-12-17(7-10-19(20)25(15)22(27)14-26)16-5-8-18(9-6-16)32(2,29)30/h15-21,26H,3-14H2,1-2H3/t15-,16?,17?,18?,19?,20?,21?/m0/s1. The molecule has 0 aromatic heterocycles. The molecular weight excluding hydrogens is 432 g/mol. The first kappa shape index (κ1) is 24.0. The number of aliphatic hydroxyl groups is 1. The van der Waals surface area contributed by atoms with E-state index in [9.17, 15) is 23.1 Å². The molecule has 2 amide bonds. The van der Waals surface area contributed by atoms with Crippen LogP contribution in [0, 0.1) is 11.8 Å². The Morgan fingerprint density at radius 2 is 1.69 bits per heavy atom. The predicted octanol–water partition coefficient (Wildman–Crippen LogP) is 1.36. The molecule has 9 heteroatoms. The van der Waals surface area contributed by atoms with Crippen LogP contribution in [0.5, 0.6) is 0 Å². The van der Waals surface area contributed by atoms with E-state index in [0.29, 0.717) is 25.0 Å². The quantitative estimate of drug-likeness (QED) is 0.665. The fraction of sp³-hybridized carbons (Fsp3) is 0.913. The fourth-order valence-corrected chi connectivity index (χ4v) is 7.92. The highest BCUT2D eigenvalue weighted by molar-refractivity contribution is 7.91. The Morgan fingerprint density at radius 3 is 2.28 bits per heavy atom. The molecule has 182 valence electrons. The molecule has 0 aromatic rings. The first-order valence-electron chi connectivity index (χ1n) is 12.2. The summed E-state index contributed by atoms with van der Waals surface area (Å²) in [6, 6.07) is -0.278. The Morgan fingerprint density at radius 1 is 1.00 bits per heavy atom. The van der Waals surface area contributed by atoms with E-state index in [1.54, 1.807) is 0 Å². The zero-order valence-electron chi connectivity index (χ0n) is 19.3. The number of ether oxygens (including phenoxy) is 1. The van der Waals surface area contributed by atoms with Crippen molar-refractivity contribution in [2.45, 2.75) is 94.2 Å². The van der Waals surface area contributed by atoms with Crippen LogP contribution in [0.4, 0.5) is 0 Å². The highest BCUT2D eigenvalue weighted by atomic mass is 32.2. The maximum absolute atomic E-state index is 13.4. The number of rotatable bonds is 4. The van der Waals surface area contributed by atoms with Crippen LogP contribution in [0.1, 0.15) is 64.7 Å². The van der Waals surface area contributed by atoms with Gasteiger partial charge >= 0.3 is 0 Å². The van der Waals surface area contributed by atoms with Crippen molar-refractivity contribution in [3.63, 3.8) is 0 Å². The minimum Gasteiger partial charge on any atom is -0.387 e. The van der Waals surface area contributed by atoms with Gasteiger partial charge in [0.05, 0.1) is 17.3 Å². The molecule has 0 aromatic carbocycles. The van der Waals surface area contributed by atoms with Crippen LogP contribution in [0.3, 0.4) is 0 Å². The maximum Gasteiger partial charge on any atom is 0.252 e. The van der Waals surface area contributed by atoms with E-state index in [2.05, 4.69) is 0 Å². The highest BCUT2D eigenvalue weighted by Gasteiger charge is 2.49. The molecule has 0 bridgehead atoms. The third-order valence-corrected chi connectivity index (χ3v) is 10.1. The molecule has 4 fully saturated rings. The van der Waals surface area contributed by atoms with E-state index in [1.165, 1.54) is 6.26 Å². The van der Waals surface area contributed by atoms with Crippen LogP contribution < -0.4 is 0 Å². The van der Waals surface area contributed by atoms with Crippen LogP contribution >= 0.6 is 0 Å². The predicted molar refractivity (Wildman–Crippen MR) is 120 cm³/mol. The van der Waals surface area contributed by atoms with Crippen molar-refractivity contribution < 1.29 is 27.9 Å². The number of piperazine rings is 1. The van der Waals surface area contributed by atoms with Gasteiger partial charge in [-0.2, -0.15) is 0 Å². The molecule has 1 N–H and O–H groups in total. The molecule has 2 heterocycles. The first-order valence-corrected chi connectivity index (χ1v) is 14.2. The lowest BCUT2D eigenvalue weighted by molar-refractivity contribution is -0.162. The number of carbonyl (C=O) groups excluding carboxylic acids is 2. The molecule has 2 aliphatic carbocycles. The average molecular weight is 471 g/mol. The molecule has 8 nitrogen and oxygen atoms in total. The van der Waals surface area contributed by atoms with Gasteiger partial charge in [0.2, 0.25) is 5.91 Å². The molecule has 4 rings (SSSR count). The third kappa shape index (κ3) is 4.71. The molecule has 2 saturated heterocycles. The number of nitrogens with zero attached hydrogens (tertiary/aromatic N) is 2. The molecule has 0 spiro atoms. The molecule has 2 saturated carbocycles. The number of fused-ring (bicyclic) bond motifs is 1. The first-order chi connectivity index (χ1) is 15.2. The molecule has 2 aliphatic heterocycles. The molecular formula is C23H38N2O6S. The number of aliphatic hydroxyl groups excluding tert-OH is 1. The van der Waals surface area contributed by atoms with Crippen molar-refractivity contribution in [1.29, 1.82) is 0 Å². The number of hydrogen-bond donors (Lipinski definition) is 1. The van der Waals surface area contributed by atoms with Crippen LogP contribution in [0.2, 0.25) is 0 Å². The van der Waals surface area contributed by atoms with Crippen LogP contribution in [0.25, 0.3) is 0 Å². The van der Waals surface area contributed by atoms with E-state index in [4.69, 9.17) is 4.74 Å². The van der Waals surface area contributed by atoms with E-state index in [-0.39, 0.29) is 41.3 Å². The number of carbonyl (C=O) groups is 2. The summed E-state index contributed by atoms with van der Waals surface area (Å²) >= 11 is 0. The molecule has 4 unspecified atom stereocenters. The van der Waals surface area contributed by atoms with Crippen molar-refractivity contribution in [1.82, 2.24) is 9.80 Å². The number of amides is 2. The third-order valence-electron chi connectivity index (χ3n) is 8.42. The highest BCUT2D eigenvalue weighted by Crippen LogP contribution is 2.43. The summed E-state index contributed by atoms with van der Waals surface area (Å²) in [5, 5.41) is 9.33. The van der Waals surface area contributed by atoms with E-state index < -0.39 is 16.4 Å². The lowest BCUT2D eigenvalue weighted by Crippen LogP contribution is -2.68. The largest absolute Gasteiger partial charge is 0.387 e. The van der Waals surface area contributed by atoms with Crippen molar-refractivity contribution in [2.75, 3.05) is 26.0 Å². The van der Waals surface area contributed by atoms with Gasteiger partial charge in [-0.1, -0.05) is 0 Å². The van der Waals surface area contributed by atoms with Crippen LogP contribution in [-0.4, -0.2) is 90.6 Å². The maximum atomic E-state index is 13.4. The zero-order valence-corrected chi connectivity index (χ0v) is 20.1. The van der Waals surface area contributed by atoms with Gasteiger partial charge in [0.1, 0.15) is 22.5 Å². The van der Waals surface area contributed by atoms with E-state index in [0.717, 1.165) is 57.8 Å². The van der Waals surface area contributed by atoms with Gasteiger partial charge in [0.15, 0.2) is 0 Å². The van der Waals surface area contributed by atoms with Gasteiger partial charge in [-0.05, 0) is 76.5 Å². The topological polar surface area (TPSA) is 104 Å². The van der Waals surface area contributed by atoms with Crippen molar-refractivity contribution >= 4 is 21.7 Å². The van der Waals surface area contributed by atoms with Crippen molar-refractivity contribution in [2.24, 2.45) is 11.8 Å². The summed E-state index contributed by atoms with van der Waals surface area (Å²) in [7, 11) is -2.99. The minimum atomic E-state index is -2.99. The Balaban J connectivity index is 1.51. The van der Waals surface area contributed by atoms with Crippen molar-refractivity contribution in [3.8, 4) is 0 Å². The second-order valence-electron chi connectivity index (χ2n) is 10.4. The Labute approximate surface area is 191 Å². The van der Waals surface area contributed by atoms with Gasteiger partial charge in [-0.25, -0.2) is 8.42 Å². The Kier molecular flexibility index (Phi) is 7.17. The minimum absolute atomic E-state index is 0.0434. The van der Waals surface area contributed by atoms with Gasteiger partial charge in [-0.3, -0.25) is 9.59 Å². The Bertz CT molecular complexity index is 803. The Hall–Kier alpha value is -1.19. The summed E-state index contributed by atoms with van der Waals surface area (Å²) in [6.07, 6.45) is 8.49. The molecule has 32 heavy (non-hydrogen) atoms. The lowest BCUT2D eigenvalue weighted by atomic mass is 9.69. The summed E-state index contributed by atoms with van der Waals surface area (Å²) in [4.78, 5) is 29.7. The monoisotopic (exact) mass is 470 g/mol.